The molecule has 0 spiro atoms. The van der Waals surface area contributed by atoms with E-state index >= 15 is 0 Å². The monoisotopic (exact) mass is 198 g/mol. The highest BCUT2D eigenvalue weighted by Crippen LogP contribution is 1.94. The molecule has 5 nitrogen and oxygen atoms in total. The summed E-state index contributed by atoms with van der Waals surface area (Å²) in [6.45, 7) is 6.59. The third kappa shape index (κ3) is 3.08. The van der Waals surface area contributed by atoms with Gasteiger partial charge in [-0.1, -0.05) is 6.92 Å². The molecule has 1 aromatic heterocycles. The maximum Gasteiger partial charge on any atom is 0.140 e. The lowest BCUT2D eigenvalue weighted by atomic mass is 10.2. The standard InChI is InChI=1S/C9H18N4O/c1-3-13-9(11-7-12-13)5-10-4-8(2)6-14/h7-8,10,14H,3-6H2,1-2H3. The van der Waals surface area contributed by atoms with Crippen LogP contribution in [-0.2, 0) is 13.1 Å². The number of aryl methyl sites for hydroxylation is 1. The van der Waals surface area contributed by atoms with Gasteiger partial charge in [-0.15, -0.1) is 0 Å². The van der Waals surface area contributed by atoms with Crippen molar-refractivity contribution in [1.29, 1.82) is 0 Å². The van der Waals surface area contributed by atoms with E-state index in [-0.39, 0.29) is 12.5 Å². The van der Waals surface area contributed by atoms with Crippen LogP contribution in [0.2, 0.25) is 0 Å². The Bertz CT molecular complexity index is 261. The van der Waals surface area contributed by atoms with Crippen molar-refractivity contribution >= 4 is 0 Å². The molecule has 5 heteroatoms. The number of nitrogens with one attached hydrogen (secondary N) is 1. The van der Waals surface area contributed by atoms with Crippen molar-refractivity contribution in [3.63, 3.8) is 0 Å². The number of aliphatic hydroxyl groups is 1. The second kappa shape index (κ2) is 5.72. The zero-order valence-corrected chi connectivity index (χ0v) is 8.77. The minimum atomic E-state index is 0.216. The van der Waals surface area contributed by atoms with Gasteiger partial charge in [-0.3, -0.25) is 0 Å². The molecule has 1 aromatic rings. The van der Waals surface area contributed by atoms with Crippen molar-refractivity contribution < 1.29 is 5.11 Å². The predicted molar refractivity (Wildman–Crippen MR) is 53.7 cm³/mol. The smallest absolute Gasteiger partial charge is 0.140 e. The first-order valence-corrected chi connectivity index (χ1v) is 4.96. The first-order chi connectivity index (χ1) is 6.77. The van der Waals surface area contributed by atoms with Crippen LogP contribution in [0.15, 0.2) is 6.33 Å². The van der Waals surface area contributed by atoms with E-state index in [4.69, 9.17) is 5.11 Å². The Morgan fingerprint density at radius 1 is 1.64 bits per heavy atom. The summed E-state index contributed by atoms with van der Waals surface area (Å²) in [5, 5.41) is 16.1. The van der Waals surface area contributed by atoms with Crippen molar-refractivity contribution in [1.82, 2.24) is 20.1 Å². The fraction of sp³-hybridized carbons (Fsp3) is 0.778. The van der Waals surface area contributed by atoms with Gasteiger partial charge in [0.1, 0.15) is 12.2 Å². The van der Waals surface area contributed by atoms with E-state index in [2.05, 4.69) is 15.4 Å². The maximum absolute atomic E-state index is 8.82. The highest BCUT2D eigenvalue weighted by atomic mass is 16.3. The molecular weight excluding hydrogens is 180 g/mol. The van der Waals surface area contributed by atoms with E-state index < -0.39 is 0 Å². The first kappa shape index (κ1) is 11.1. The van der Waals surface area contributed by atoms with Gasteiger partial charge >= 0.3 is 0 Å². The van der Waals surface area contributed by atoms with E-state index in [1.54, 1.807) is 6.33 Å². The average molecular weight is 198 g/mol. The van der Waals surface area contributed by atoms with Gasteiger partial charge in [0.15, 0.2) is 0 Å². The van der Waals surface area contributed by atoms with Gasteiger partial charge in [-0.05, 0) is 12.8 Å². The Balaban J connectivity index is 2.31. The zero-order chi connectivity index (χ0) is 10.4. The Labute approximate surface area is 84.2 Å². The molecule has 80 valence electrons. The molecule has 14 heavy (non-hydrogen) atoms. The Morgan fingerprint density at radius 3 is 3.07 bits per heavy atom. The minimum Gasteiger partial charge on any atom is -0.396 e. The van der Waals surface area contributed by atoms with Crippen LogP contribution < -0.4 is 5.32 Å². The Kier molecular flexibility index (Phi) is 4.55. The quantitative estimate of drug-likeness (QED) is 0.676. The fourth-order valence-corrected chi connectivity index (χ4v) is 1.18. The first-order valence-electron chi connectivity index (χ1n) is 4.96. The molecule has 0 aliphatic rings. The van der Waals surface area contributed by atoms with Gasteiger partial charge in [0, 0.05) is 19.7 Å². The average Bonchev–Trinajstić information content (AvgIpc) is 2.65. The highest BCUT2D eigenvalue weighted by molar-refractivity contribution is 4.83. The van der Waals surface area contributed by atoms with Gasteiger partial charge in [-0.2, -0.15) is 5.10 Å². The van der Waals surface area contributed by atoms with Crippen LogP contribution in [0.5, 0.6) is 0 Å². The van der Waals surface area contributed by atoms with Crippen LogP contribution in [0, 0.1) is 5.92 Å². The van der Waals surface area contributed by atoms with Gasteiger partial charge in [0.25, 0.3) is 0 Å². The van der Waals surface area contributed by atoms with Crippen LogP contribution >= 0.6 is 0 Å². The number of aromatic nitrogens is 3. The second-order valence-electron chi connectivity index (χ2n) is 3.41. The molecule has 0 aliphatic heterocycles. The second-order valence-corrected chi connectivity index (χ2v) is 3.41. The molecule has 0 amide bonds. The molecule has 1 atom stereocenters. The van der Waals surface area contributed by atoms with Crippen molar-refractivity contribution in [3.05, 3.63) is 12.2 Å². The molecule has 0 saturated heterocycles. The summed E-state index contributed by atoms with van der Waals surface area (Å²) < 4.78 is 1.86. The Morgan fingerprint density at radius 2 is 2.43 bits per heavy atom. The van der Waals surface area contributed by atoms with Crippen LogP contribution in [0.3, 0.4) is 0 Å². The van der Waals surface area contributed by atoms with E-state index in [0.29, 0.717) is 6.54 Å². The molecule has 1 rings (SSSR count). The summed E-state index contributed by atoms with van der Waals surface area (Å²) in [7, 11) is 0. The number of rotatable bonds is 6. The molecular formula is C9H18N4O. The Hall–Kier alpha value is -0.940. The summed E-state index contributed by atoms with van der Waals surface area (Å²) in [6.07, 6.45) is 1.57. The topological polar surface area (TPSA) is 63.0 Å². The van der Waals surface area contributed by atoms with Crippen molar-refractivity contribution in [3.8, 4) is 0 Å². The summed E-state index contributed by atoms with van der Waals surface area (Å²) in [5.41, 5.74) is 0. The molecule has 0 radical (unpaired) electrons. The van der Waals surface area contributed by atoms with E-state index in [0.717, 1.165) is 18.9 Å². The molecule has 0 aliphatic carbocycles. The summed E-state index contributed by atoms with van der Waals surface area (Å²) >= 11 is 0. The molecule has 0 saturated carbocycles. The molecule has 2 N–H and O–H groups in total. The minimum absolute atomic E-state index is 0.216. The van der Waals surface area contributed by atoms with Crippen LogP contribution in [0.25, 0.3) is 0 Å². The van der Waals surface area contributed by atoms with Crippen molar-refractivity contribution in [2.75, 3.05) is 13.2 Å². The van der Waals surface area contributed by atoms with E-state index in [1.165, 1.54) is 0 Å². The van der Waals surface area contributed by atoms with Gasteiger partial charge < -0.3 is 10.4 Å². The number of hydrogen-bond donors (Lipinski definition) is 2. The van der Waals surface area contributed by atoms with Crippen LogP contribution in [0.1, 0.15) is 19.7 Å². The molecule has 1 unspecified atom stereocenters. The van der Waals surface area contributed by atoms with Crippen molar-refractivity contribution in [2.45, 2.75) is 26.9 Å². The van der Waals surface area contributed by atoms with Crippen LogP contribution in [0.4, 0.5) is 0 Å². The third-order valence-corrected chi connectivity index (χ3v) is 2.08. The fourth-order valence-electron chi connectivity index (χ4n) is 1.18. The summed E-state index contributed by atoms with van der Waals surface area (Å²) in [4.78, 5) is 4.14. The molecule has 0 bridgehead atoms. The maximum atomic E-state index is 8.82. The lowest BCUT2D eigenvalue weighted by Crippen LogP contribution is -2.24. The third-order valence-electron chi connectivity index (χ3n) is 2.08. The predicted octanol–water partition coefficient (Wildman–Crippen LogP) is 0.0160. The molecule has 0 aromatic carbocycles. The van der Waals surface area contributed by atoms with E-state index in [9.17, 15) is 0 Å². The number of aliphatic hydroxyl groups excluding tert-OH is 1. The molecule has 0 fully saturated rings. The van der Waals surface area contributed by atoms with Crippen LogP contribution in [-0.4, -0.2) is 33.0 Å². The SMILES string of the molecule is CCn1ncnc1CNCC(C)CO. The lowest BCUT2D eigenvalue weighted by Gasteiger charge is -2.09. The summed E-state index contributed by atoms with van der Waals surface area (Å²) in [6, 6.07) is 0. The van der Waals surface area contributed by atoms with Gasteiger partial charge in [0.2, 0.25) is 0 Å². The number of hydrogen-bond acceptors (Lipinski definition) is 4. The zero-order valence-electron chi connectivity index (χ0n) is 8.77. The lowest BCUT2D eigenvalue weighted by molar-refractivity contribution is 0.233. The normalized spacial score (nSPS) is 13.1. The summed E-state index contributed by atoms with van der Waals surface area (Å²) in [5.74, 6) is 1.23. The van der Waals surface area contributed by atoms with E-state index in [1.807, 2.05) is 18.5 Å². The number of nitrogens with zero attached hydrogens (tertiary/aromatic N) is 3. The largest absolute Gasteiger partial charge is 0.396 e. The molecule has 1 heterocycles. The highest BCUT2D eigenvalue weighted by Gasteiger charge is 2.03. The van der Waals surface area contributed by atoms with Crippen molar-refractivity contribution in [2.24, 2.45) is 5.92 Å². The van der Waals surface area contributed by atoms with Gasteiger partial charge in [0.05, 0.1) is 6.54 Å². The van der Waals surface area contributed by atoms with Gasteiger partial charge in [-0.25, -0.2) is 9.67 Å².